The summed E-state index contributed by atoms with van der Waals surface area (Å²) in [5, 5.41) is 8.55. The third-order valence-corrected chi connectivity index (χ3v) is 4.12. The minimum Gasteiger partial charge on any atom is -0.307 e. The number of aromatic nitrogens is 4. The smallest absolute Gasteiger partial charge is 0.159 e. The highest BCUT2D eigenvalue weighted by Crippen LogP contribution is 2.27. The first kappa shape index (κ1) is 12.7. The van der Waals surface area contributed by atoms with E-state index in [0.29, 0.717) is 0 Å². The Bertz CT molecular complexity index is 709. The summed E-state index contributed by atoms with van der Waals surface area (Å²) in [6.07, 6.45) is 0. The van der Waals surface area contributed by atoms with Crippen LogP contribution in [0.4, 0.5) is 0 Å². The minimum absolute atomic E-state index is 0.120. The average molecular weight is 295 g/mol. The Balaban J connectivity index is 2.21. The molecule has 0 aliphatic rings. The third-order valence-electron chi connectivity index (χ3n) is 3.20. The van der Waals surface area contributed by atoms with Crippen molar-refractivity contribution in [2.24, 2.45) is 7.05 Å². The first-order valence-electron chi connectivity index (χ1n) is 6.12. The van der Waals surface area contributed by atoms with Crippen molar-refractivity contribution in [3.63, 3.8) is 0 Å². The molecule has 0 aliphatic carbocycles. The molecule has 3 aromatic rings. The molecule has 19 heavy (non-hydrogen) atoms. The van der Waals surface area contributed by atoms with Crippen LogP contribution in [0.5, 0.6) is 0 Å². The van der Waals surface area contributed by atoms with Gasteiger partial charge in [0.1, 0.15) is 11.3 Å². The Morgan fingerprint density at radius 1 is 1.47 bits per heavy atom. The number of thiophene rings is 1. The Kier molecular flexibility index (Phi) is 3.11. The predicted octanol–water partition coefficient (Wildman–Crippen LogP) is 3.49. The Hall–Kier alpha value is -1.33. The standard InChI is InChI=1S/C13H15ClN4S/c1-8(14)12-15-11-9(2)16-17(3)13(11)18(12)6-10-4-5-19-7-10/h4-5,7-8H,6H2,1-3H3. The number of hydrogen-bond acceptors (Lipinski definition) is 3. The number of aryl methyl sites for hydroxylation is 2. The van der Waals surface area contributed by atoms with Gasteiger partial charge < -0.3 is 4.57 Å². The van der Waals surface area contributed by atoms with Crippen LogP contribution < -0.4 is 0 Å². The Labute approximate surface area is 120 Å². The van der Waals surface area contributed by atoms with Crippen molar-refractivity contribution in [2.45, 2.75) is 25.8 Å². The molecule has 0 amide bonds. The highest BCUT2D eigenvalue weighted by molar-refractivity contribution is 7.07. The monoisotopic (exact) mass is 294 g/mol. The summed E-state index contributed by atoms with van der Waals surface area (Å²) in [5.41, 5.74) is 4.19. The molecule has 1 unspecified atom stereocenters. The van der Waals surface area contributed by atoms with Gasteiger partial charge in [-0.3, -0.25) is 4.68 Å². The molecule has 0 fully saturated rings. The lowest BCUT2D eigenvalue weighted by molar-refractivity contribution is 0.687. The first-order chi connectivity index (χ1) is 9.08. The molecule has 1 atom stereocenters. The molecular formula is C13H15ClN4S. The normalized spacial score (nSPS) is 13.3. The molecule has 3 heterocycles. The predicted molar refractivity (Wildman–Crippen MR) is 78.9 cm³/mol. The van der Waals surface area contributed by atoms with Crippen molar-refractivity contribution in [3.8, 4) is 0 Å². The van der Waals surface area contributed by atoms with Crippen molar-refractivity contribution in [1.29, 1.82) is 0 Å². The van der Waals surface area contributed by atoms with Crippen LogP contribution in [-0.2, 0) is 13.6 Å². The summed E-state index contributed by atoms with van der Waals surface area (Å²) < 4.78 is 4.04. The second kappa shape index (κ2) is 4.65. The van der Waals surface area contributed by atoms with Gasteiger partial charge >= 0.3 is 0 Å². The number of nitrogens with zero attached hydrogens (tertiary/aromatic N) is 4. The second-order valence-electron chi connectivity index (χ2n) is 4.68. The van der Waals surface area contributed by atoms with Crippen molar-refractivity contribution >= 4 is 34.1 Å². The van der Waals surface area contributed by atoms with E-state index in [9.17, 15) is 0 Å². The van der Waals surface area contributed by atoms with Crippen molar-refractivity contribution in [2.75, 3.05) is 0 Å². The van der Waals surface area contributed by atoms with E-state index in [2.05, 4.69) is 31.5 Å². The quantitative estimate of drug-likeness (QED) is 0.693. The summed E-state index contributed by atoms with van der Waals surface area (Å²) in [4.78, 5) is 4.66. The van der Waals surface area contributed by atoms with Gasteiger partial charge in [0.15, 0.2) is 5.65 Å². The van der Waals surface area contributed by atoms with Gasteiger partial charge in [0.25, 0.3) is 0 Å². The molecule has 0 aliphatic heterocycles. The van der Waals surface area contributed by atoms with Gasteiger partial charge in [-0.05, 0) is 36.2 Å². The molecule has 0 saturated carbocycles. The number of halogens is 1. The lowest BCUT2D eigenvalue weighted by Gasteiger charge is -2.10. The van der Waals surface area contributed by atoms with Crippen molar-refractivity contribution < 1.29 is 0 Å². The zero-order valence-electron chi connectivity index (χ0n) is 11.1. The van der Waals surface area contributed by atoms with Crippen LogP contribution in [0.2, 0.25) is 0 Å². The first-order valence-corrected chi connectivity index (χ1v) is 7.50. The second-order valence-corrected chi connectivity index (χ2v) is 6.12. The molecule has 100 valence electrons. The summed E-state index contributed by atoms with van der Waals surface area (Å²) in [6, 6.07) is 2.13. The lowest BCUT2D eigenvalue weighted by atomic mass is 10.3. The molecule has 0 radical (unpaired) electrons. The summed E-state index contributed by atoms with van der Waals surface area (Å²) in [7, 11) is 1.95. The molecule has 0 aromatic carbocycles. The van der Waals surface area contributed by atoms with E-state index in [1.165, 1.54) is 5.56 Å². The number of hydrogen-bond donors (Lipinski definition) is 0. The van der Waals surface area contributed by atoms with Crippen LogP contribution in [0, 0.1) is 6.92 Å². The van der Waals surface area contributed by atoms with Gasteiger partial charge in [0.2, 0.25) is 0 Å². The van der Waals surface area contributed by atoms with Crippen LogP contribution >= 0.6 is 22.9 Å². The van der Waals surface area contributed by atoms with E-state index in [-0.39, 0.29) is 5.38 Å². The molecule has 0 N–H and O–H groups in total. The van der Waals surface area contributed by atoms with Gasteiger partial charge in [0, 0.05) is 7.05 Å². The van der Waals surface area contributed by atoms with E-state index in [1.54, 1.807) is 11.3 Å². The molecule has 4 nitrogen and oxygen atoms in total. The highest BCUT2D eigenvalue weighted by atomic mass is 35.5. The fourth-order valence-corrected chi connectivity index (χ4v) is 3.20. The molecule has 3 rings (SSSR count). The molecule has 0 bridgehead atoms. The maximum atomic E-state index is 6.27. The number of imidazole rings is 1. The van der Waals surface area contributed by atoms with Crippen LogP contribution in [0.15, 0.2) is 16.8 Å². The van der Waals surface area contributed by atoms with Crippen LogP contribution in [0.1, 0.15) is 29.4 Å². The zero-order chi connectivity index (χ0) is 13.6. The highest BCUT2D eigenvalue weighted by Gasteiger charge is 2.20. The topological polar surface area (TPSA) is 35.6 Å². The Morgan fingerprint density at radius 3 is 2.89 bits per heavy atom. The van der Waals surface area contributed by atoms with E-state index >= 15 is 0 Å². The van der Waals surface area contributed by atoms with Crippen LogP contribution in [0.25, 0.3) is 11.2 Å². The summed E-state index contributed by atoms with van der Waals surface area (Å²) in [6.45, 7) is 4.72. The van der Waals surface area contributed by atoms with Gasteiger partial charge in [-0.25, -0.2) is 4.98 Å². The van der Waals surface area contributed by atoms with Gasteiger partial charge in [-0.1, -0.05) is 0 Å². The van der Waals surface area contributed by atoms with Crippen LogP contribution in [-0.4, -0.2) is 19.3 Å². The summed E-state index contributed by atoms with van der Waals surface area (Å²) in [5.74, 6) is 0.902. The SMILES string of the molecule is Cc1nn(C)c2c1nc(C(C)Cl)n2Cc1ccsc1. The van der Waals surface area contributed by atoms with Gasteiger partial charge in [-0.2, -0.15) is 16.4 Å². The number of fused-ring (bicyclic) bond motifs is 1. The fraction of sp³-hybridized carbons (Fsp3) is 0.385. The van der Waals surface area contributed by atoms with Crippen molar-refractivity contribution in [3.05, 3.63) is 33.9 Å². The lowest BCUT2D eigenvalue weighted by Crippen LogP contribution is -2.08. The average Bonchev–Trinajstić information content (AvgIpc) is 3.00. The third kappa shape index (κ3) is 2.07. The van der Waals surface area contributed by atoms with Gasteiger partial charge in [0.05, 0.1) is 17.6 Å². The molecule has 6 heteroatoms. The zero-order valence-corrected chi connectivity index (χ0v) is 12.7. The number of alkyl halides is 1. The fourth-order valence-electron chi connectivity index (χ4n) is 2.38. The van der Waals surface area contributed by atoms with Crippen LogP contribution in [0.3, 0.4) is 0 Å². The van der Waals surface area contributed by atoms with E-state index in [0.717, 1.165) is 29.2 Å². The van der Waals surface area contributed by atoms with Crippen molar-refractivity contribution in [1.82, 2.24) is 19.3 Å². The number of rotatable bonds is 3. The largest absolute Gasteiger partial charge is 0.307 e. The van der Waals surface area contributed by atoms with E-state index < -0.39 is 0 Å². The minimum atomic E-state index is -0.120. The van der Waals surface area contributed by atoms with E-state index in [4.69, 9.17) is 11.6 Å². The molecule has 0 saturated heterocycles. The Morgan fingerprint density at radius 2 is 2.26 bits per heavy atom. The molecule has 0 spiro atoms. The molecule has 3 aromatic heterocycles. The molecular weight excluding hydrogens is 280 g/mol. The maximum Gasteiger partial charge on any atom is 0.159 e. The summed E-state index contributed by atoms with van der Waals surface area (Å²) >= 11 is 7.97. The maximum absolute atomic E-state index is 6.27. The van der Waals surface area contributed by atoms with Gasteiger partial charge in [-0.15, -0.1) is 11.6 Å². The van der Waals surface area contributed by atoms with E-state index in [1.807, 2.05) is 25.6 Å².